The summed E-state index contributed by atoms with van der Waals surface area (Å²) in [5, 5.41) is 9.16. The van der Waals surface area contributed by atoms with Crippen molar-refractivity contribution in [3.63, 3.8) is 0 Å². The van der Waals surface area contributed by atoms with Gasteiger partial charge in [0.15, 0.2) is 0 Å². The molecule has 1 atom stereocenters. The number of halogens is 1. The van der Waals surface area contributed by atoms with E-state index in [4.69, 9.17) is 16.7 Å². The Balaban J connectivity index is 3.06. The highest BCUT2D eigenvalue weighted by molar-refractivity contribution is 7.89. The number of benzene rings is 1. The Morgan fingerprint density at radius 3 is 2.45 bits per heavy atom. The molecule has 0 saturated carbocycles. The van der Waals surface area contributed by atoms with Crippen LogP contribution in [0.3, 0.4) is 0 Å². The van der Waals surface area contributed by atoms with Crippen molar-refractivity contribution in [3.05, 3.63) is 28.8 Å². The summed E-state index contributed by atoms with van der Waals surface area (Å²) in [6, 6.07) is 3.33. The molecule has 0 spiro atoms. The van der Waals surface area contributed by atoms with Crippen LogP contribution in [0.15, 0.2) is 23.1 Å². The van der Waals surface area contributed by atoms with Crippen LogP contribution in [0.2, 0.25) is 5.02 Å². The van der Waals surface area contributed by atoms with E-state index in [1.165, 1.54) is 12.1 Å². The van der Waals surface area contributed by atoms with E-state index in [-0.39, 0.29) is 22.3 Å². The predicted molar refractivity (Wildman–Crippen MR) is 77.4 cm³/mol. The molecular formula is C13H18ClNO4S. The van der Waals surface area contributed by atoms with E-state index in [1.807, 2.05) is 13.8 Å². The van der Waals surface area contributed by atoms with Gasteiger partial charge in [-0.05, 0) is 37.0 Å². The number of hydrogen-bond donors (Lipinski definition) is 2. The molecule has 1 rings (SSSR count). The maximum Gasteiger partial charge on any atom is 0.321 e. The summed E-state index contributed by atoms with van der Waals surface area (Å²) in [5.74, 6) is -1.15. The first kappa shape index (κ1) is 16.9. The van der Waals surface area contributed by atoms with Gasteiger partial charge in [-0.15, -0.1) is 0 Å². The number of aliphatic carboxylic acids is 1. The van der Waals surface area contributed by atoms with E-state index < -0.39 is 22.0 Å². The Bertz CT molecular complexity index is 598. The van der Waals surface area contributed by atoms with E-state index in [2.05, 4.69) is 4.72 Å². The van der Waals surface area contributed by atoms with Crippen LogP contribution in [0.5, 0.6) is 0 Å². The van der Waals surface area contributed by atoms with Crippen molar-refractivity contribution < 1.29 is 18.3 Å². The molecule has 1 aromatic rings. The largest absolute Gasteiger partial charge is 0.480 e. The highest BCUT2D eigenvalue weighted by Crippen LogP contribution is 2.23. The van der Waals surface area contributed by atoms with E-state index in [0.717, 1.165) is 5.56 Å². The Labute approximate surface area is 124 Å². The molecule has 0 amide bonds. The molecule has 1 aromatic carbocycles. The molecule has 1 unspecified atom stereocenters. The van der Waals surface area contributed by atoms with Crippen molar-refractivity contribution in [1.29, 1.82) is 0 Å². The molecule has 0 aliphatic heterocycles. The predicted octanol–water partition coefficient (Wildman–Crippen LogP) is 2.43. The highest BCUT2D eigenvalue weighted by atomic mass is 35.5. The molecule has 7 heteroatoms. The molecule has 0 aliphatic carbocycles. The molecule has 0 fully saturated rings. The summed E-state index contributed by atoms with van der Waals surface area (Å²) in [7, 11) is -3.96. The first-order chi connectivity index (χ1) is 9.13. The second-order valence-electron chi connectivity index (χ2n) is 5.08. The number of carboxylic acids is 1. The number of hydrogen-bond acceptors (Lipinski definition) is 3. The molecule has 0 heterocycles. The fourth-order valence-electron chi connectivity index (χ4n) is 1.75. The number of carboxylic acid groups (broad SMARTS) is 1. The van der Waals surface area contributed by atoms with Crippen LogP contribution in [0.25, 0.3) is 0 Å². The van der Waals surface area contributed by atoms with Gasteiger partial charge in [-0.3, -0.25) is 4.79 Å². The second-order valence-corrected chi connectivity index (χ2v) is 7.17. The Morgan fingerprint density at radius 2 is 2.00 bits per heavy atom. The molecule has 20 heavy (non-hydrogen) atoms. The van der Waals surface area contributed by atoms with Crippen molar-refractivity contribution in [2.45, 2.75) is 38.1 Å². The molecule has 2 N–H and O–H groups in total. The zero-order valence-electron chi connectivity index (χ0n) is 11.6. The molecule has 0 radical (unpaired) electrons. The molecule has 0 bridgehead atoms. The highest BCUT2D eigenvalue weighted by Gasteiger charge is 2.27. The fourth-order valence-corrected chi connectivity index (χ4v) is 3.55. The zero-order chi connectivity index (χ0) is 15.5. The molecule has 0 aromatic heterocycles. The van der Waals surface area contributed by atoms with Crippen LogP contribution in [-0.2, 0) is 14.8 Å². The van der Waals surface area contributed by atoms with Crippen LogP contribution in [-0.4, -0.2) is 25.5 Å². The maximum absolute atomic E-state index is 12.2. The minimum absolute atomic E-state index is 0.0484. The first-order valence-electron chi connectivity index (χ1n) is 6.14. The van der Waals surface area contributed by atoms with Gasteiger partial charge in [0.05, 0.1) is 5.02 Å². The number of sulfonamides is 1. The minimum Gasteiger partial charge on any atom is -0.480 e. The van der Waals surface area contributed by atoms with Gasteiger partial charge in [0.2, 0.25) is 10.0 Å². The number of nitrogens with one attached hydrogen (secondary N) is 1. The average Bonchev–Trinajstić information content (AvgIpc) is 2.26. The van der Waals surface area contributed by atoms with Gasteiger partial charge >= 0.3 is 5.97 Å². The summed E-state index contributed by atoms with van der Waals surface area (Å²) in [6.07, 6.45) is 0.206. The third-order valence-corrected chi connectivity index (χ3v) is 4.63. The lowest BCUT2D eigenvalue weighted by Crippen LogP contribution is -2.41. The standard InChI is InChI=1S/C13H18ClNO4S/c1-8(2)6-11(13(16)17)15-20(18,19)12-5-4-9(3)7-10(12)14/h4-5,7-8,11,15H,6H2,1-3H3,(H,16,17). The number of rotatable bonds is 6. The average molecular weight is 320 g/mol. The zero-order valence-corrected chi connectivity index (χ0v) is 13.1. The molecule has 5 nitrogen and oxygen atoms in total. The van der Waals surface area contributed by atoms with Crippen LogP contribution in [0, 0.1) is 12.8 Å². The van der Waals surface area contributed by atoms with Gasteiger partial charge in [0, 0.05) is 0 Å². The normalized spacial score (nSPS) is 13.4. The lowest BCUT2D eigenvalue weighted by molar-refractivity contribution is -0.139. The SMILES string of the molecule is Cc1ccc(S(=O)(=O)NC(CC(C)C)C(=O)O)c(Cl)c1. The summed E-state index contributed by atoms with van der Waals surface area (Å²) in [5.41, 5.74) is 0.825. The summed E-state index contributed by atoms with van der Waals surface area (Å²) in [6.45, 7) is 5.43. The number of aryl methyl sites for hydroxylation is 1. The van der Waals surface area contributed by atoms with E-state index in [9.17, 15) is 13.2 Å². The van der Waals surface area contributed by atoms with Crippen LogP contribution < -0.4 is 4.72 Å². The summed E-state index contributed by atoms with van der Waals surface area (Å²) >= 11 is 5.92. The van der Waals surface area contributed by atoms with Crippen LogP contribution in [0.1, 0.15) is 25.8 Å². The van der Waals surface area contributed by atoms with E-state index in [1.54, 1.807) is 13.0 Å². The molecule has 0 saturated heterocycles. The Morgan fingerprint density at radius 1 is 1.40 bits per heavy atom. The molecule has 112 valence electrons. The monoisotopic (exact) mass is 319 g/mol. The van der Waals surface area contributed by atoms with Gasteiger partial charge in [-0.1, -0.05) is 31.5 Å². The fraction of sp³-hybridized carbons (Fsp3) is 0.462. The summed E-state index contributed by atoms with van der Waals surface area (Å²) < 4.78 is 26.6. The minimum atomic E-state index is -3.96. The lowest BCUT2D eigenvalue weighted by atomic mass is 10.1. The lowest BCUT2D eigenvalue weighted by Gasteiger charge is -2.17. The van der Waals surface area contributed by atoms with Crippen LogP contribution >= 0.6 is 11.6 Å². The smallest absolute Gasteiger partial charge is 0.321 e. The van der Waals surface area contributed by atoms with Gasteiger partial charge < -0.3 is 5.11 Å². The van der Waals surface area contributed by atoms with Crippen molar-refractivity contribution in [2.75, 3.05) is 0 Å². The topological polar surface area (TPSA) is 83.5 Å². The van der Waals surface area contributed by atoms with Gasteiger partial charge in [0.1, 0.15) is 10.9 Å². The summed E-state index contributed by atoms with van der Waals surface area (Å²) in [4.78, 5) is 11.0. The van der Waals surface area contributed by atoms with Gasteiger partial charge in [-0.25, -0.2) is 8.42 Å². The van der Waals surface area contributed by atoms with Crippen molar-refractivity contribution >= 4 is 27.6 Å². The van der Waals surface area contributed by atoms with Crippen molar-refractivity contribution in [2.24, 2.45) is 5.92 Å². The second kappa shape index (κ2) is 6.56. The van der Waals surface area contributed by atoms with E-state index >= 15 is 0 Å². The molecule has 0 aliphatic rings. The van der Waals surface area contributed by atoms with Gasteiger partial charge in [-0.2, -0.15) is 4.72 Å². The quantitative estimate of drug-likeness (QED) is 0.843. The number of carbonyl (C=O) groups is 1. The van der Waals surface area contributed by atoms with E-state index in [0.29, 0.717) is 0 Å². The van der Waals surface area contributed by atoms with Crippen molar-refractivity contribution in [1.82, 2.24) is 4.72 Å². The van der Waals surface area contributed by atoms with Gasteiger partial charge in [0.25, 0.3) is 0 Å². The Hall–Kier alpha value is -1.11. The molecular weight excluding hydrogens is 302 g/mol. The van der Waals surface area contributed by atoms with Crippen molar-refractivity contribution in [3.8, 4) is 0 Å². The third kappa shape index (κ3) is 4.47. The Kier molecular flexibility index (Phi) is 5.56. The van der Waals surface area contributed by atoms with Crippen LogP contribution in [0.4, 0.5) is 0 Å². The maximum atomic E-state index is 12.2. The third-order valence-electron chi connectivity index (χ3n) is 2.68. The first-order valence-corrected chi connectivity index (χ1v) is 8.01.